The summed E-state index contributed by atoms with van der Waals surface area (Å²) >= 11 is 0. The molecule has 140 valence electrons. The highest BCUT2D eigenvalue weighted by Crippen LogP contribution is 2.20. The molecule has 0 bridgehead atoms. The van der Waals surface area contributed by atoms with Crippen LogP contribution in [-0.2, 0) is 16.4 Å². The molecular formula is C21H23N3O2S. The second-order valence-electron chi connectivity index (χ2n) is 6.47. The zero-order chi connectivity index (χ0) is 19.3. The van der Waals surface area contributed by atoms with Crippen molar-refractivity contribution in [3.05, 3.63) is 83.6 Å². The number of hydrogen-bond acceptors (Lipinski definition) is 4. The Bertz CT molecular complexity index is 1000. The highest BCUT2D eigenvalue weighted by atomic mass is 32.2. The van der Waals surface area contributed by atoms with Crippen molar-refractivity contribution in [3.63, 3.8) is 0 Å². The lowest BCUT2D eigenvalue weighted by Crippen LogP contribution is -2.15. The van der Waals surface area contributed by atoms with E-state index in [9.17, 15) is 8.42 Å². The molecule has 2 N–H and O–H groups in total. The number of nitrogens with one attached hydrogen (secondary N) is 2. The second-order valence-corrected chi connectivity index (χ2v) is 8.12. The number of rotatable bonds is 7. The number of hydrogen-bond donors (Lipinski definition) is 2. The Morgan fingerprint density at radius 1 is 0.963 bits per heavy atom. The van der Waals surface area contributed by atoms with Crippen LogP contribution in [-0.4, -0.2) is 19.9 Å². The van der Waals surface area contributed by atoms with E-state index in [1.165, 1.54) is 11.8 Å². The third-order valence-corrected chi connectivity index (χ3v) is 5.73. The Labute approximate surface area is 160 Å². The smallest absolute Gasteiger partial charge is 0.262 e. The third-order valence-electron chi connectivity index (χ3n) is 4.21. The fourth-order valence-electron chi connectivity index (χ4n) is 2.75. The fourth-order valence-corrected chi connectivity index (χ4v) is 4.12. The maximum atomic E-state index is 12.6. The van der Waals surface area contributed by atoms with E-state index < -0.39 is 10.0 Å². The average molecular weight is 382 g/mol. The van der Waals surface area contributed by atoms with Gasteiger partial charge in [-0.2, -0.15) is 0 Å². The lowest BCUT2D eigenvalue weighted by atomic mass is 10.1. The summed E-state index contributed by atoms with van der Waals surface area (Å²) < 4.78 is 27.9. The Morgan fingerprint density at radius 2 is 1.74 bits per heavy atom. The molecule has 1 aromatic heterocycles. The number of sulfonamides is 1. The second kappa shape index (κ2) is 8.22. The lowest BCUT2D eigenvalue weighted by molar-refractivity contribution is 0.600. The number of aromatic nitrogens is 1. The monoisotopic (exact) mass is 381 g/mol. The first-order valence-electron chi connectivity index (χ1n) is 8.78. The molecule has 0 aliphatic heterocycles. The van der Waals surface area contributed by atoms with Gasteiger partial charge in [0.1, 0.15) is 5.82 Å². The van der Waals surface area contributed by atoms with Gasteiger partial charge >= 0.3 is 0 Å². The zero-order valence-corrected chi connectivity index (χ0v) is 16.3. The van der Waals surface area contributed by atoms with Gasteiger partial charge in [-0.15, -0.1) is 0 Å². The van der Waals surface area contributed by atoms with Gasteiger partial charge in [-0.05, 0) is 55.2 Å². The molecule has 0 spiro atoms. The van der Waals surface area contributed by atoms with Crippen LogP contribution in [0.4, 0.5) is 11.5 Å². The molecule has 0 radical (unpaired) electrons. The molecule has 0 fully saturated rings. The molecule has 0 aliphatic rings. The fraction of sp³-hybridized carbons (Fsp3) is 0.190. The molecule has 2 aromatic carbocycles. The van der Waals surface area contributed by atoms with Gasteiger partial charge in [0.25, 0.3) is 10.0 Å². The molecule has 1 heterocycles. The van der Waals surface area contributed by atoms with Crippen LogP contribution in [0.15, 0.2) is 71.8 Å². The van der Waals surface area contributed by atoms with Crippen molar-refractivity contribution >= 4 is 21.5 Å². The van der Waals surface area contributed by atoms with Crippen LogP contribution < -0.4 is 10.0 Å². The Balaban J connectivity index is 1.62. The van der Waals surface area contributed by atoms with Gasteiger partial charge in [0.15, 0.2) is 0 Å². The van der Waals surface area contributed by atoms with Crippen molar-refractivity contribution in [2.24, 2.45) is 0 Å². The first-order chi connectivity index (χ1) is 12.9. The van der Waals surface area contributed by atoms with Gasteiger partial charge in [-0.25, -0.2) is 13.4 Å². The van der Waals surface area contributed by atoms with E-state index >= 15 is 0 Å². The summed E-state index contributed by atoms with van der Waals surface area (Å²) in [5.74, 6) is 0.709. The number of anilines is 2. The first-order valence-corrected chi connectivity index (χ1v) is 10.3. The van der Waals surface area contributed by atoms with Crippen molar-refractivity contribution in [3.8, 4) is 0 Å². The summed E-state index contributed by atoms with van der Waals surface area (Å²) in [5, 5.41) is 3.24. The van der Waals surface area contributed by atoms with Crippen LogP contribution in [0.2, 0.25) is 0 Å². The SMILES string of the molecule is Cc1ccc(C)c(S(=O)(=O)Nc2ccc(NCCc3ccccc3)nc2)c1. The van der Waals surface area contributed by atoms with Gasteiger partial charge in [-0.3, -0.25) is 4.72 Å². The van der Waals surface area contributed by atoms with E-state index in [4.69, 9.17) is 0 Å². The normalized spacial score (nSPS) is 11.2. The summed E-state index contributed by atoms with van der Waals surface area (Å²) in [6.07, 6.45) is 2.41. The summed E-state index contributed by atoms with van der Waals surface area (Å²) in [5.41, 5.74) is 3.30. The van der Waals surface area contributed by atoms with Crippen LogP contribution in [0.3, 0.4) is 0 Å². The quantitative estimate of drug-likeness (QED) is 0.645. The largest absolute Gasteiger partial charge is 0.370 e. The standard InChI is InChI=1S/C21H23N3O2S/c1-16-8-9-17(2)20(14-16)27(25,26)24-19-10-11-21(23-15-19)22-13-12-18-6-4-3-5-7-18/h3-11,14-15,24H,12-13H2,1-2H3,(H,22,23). The maximum absolute atomic E-state index is 12.6. The van der Waals surface area contributed by atoms with E-state index in [2.05, 4.69) is 27.2 Å². The van der Waals surface area contributed by atoms with Gasteiger partial charge in [0, 0.05) is 6.54 Å². The molecule has 0 aliphatic carbocycles. The highest BCUT2D eigenvalue weighted by Gasteiger charge is 2.17. The van der Waals surface area contributed by atoms with Crippen molar-refractivity contribution < 1.29 is 8.42 Å². The van der Waals surface area contributed by atoms with E-state index in [-0.39, 0.29) is 4.90 Å². The Kier molecular flexibility index (Phi) is 5.76. The summed E-state index contributed by atoms with van der Waals surface area (Å²) in [7, 11) is -3.64. The van der Waals surface area contributed by atoms with Crippen molar-refractivity contribution in [1.82, 2.24) is 4.98 Å². The van der Waals surface area contributed by atoms with Gasteiger partial charge in [0.2, 0.25) is 0 Å². The van der Waals surface area contributed by atoms with Crippen LogP contribution >= 0.6 is 0 Å². The average Bonchev–Trinajstić information content (AvgIpc) is 2.66. The minimum Gasteiger partial charge on any atom is -0.370 e. The Hall–Kier alpha value is -2.86. The highest BCUT2D eigenvalue weighted by molar-refractivity contribution is 7.92. The molecule has 6 heteroatoms. The predicted molar refractivity (Wildman–Crippen MR) is 110 cm³/mol. The van der Waals surface area contributed by atoms with Crippen LogP contribution in [0.1, 0.15) is 16.7 Å². The molecule has 27 heavy (non-hydrogen) atoms. The summed E-state index contributed by atoms with van der Waals surface area (Å²) in [6.45, 7) is 4.41. The Morgan fingerprint density at radius 3 is 2.44 bits per heavy atom. The predicted octanol–water partition coefficient (Wildman–Crippen LogP) is 4.15. The molecule has 5 nitrogen and oxygen atoms in total. The minimum absolute atomic E-state index is 0.285. The summed E-state index contributed by atoms with van der Waals surface area (Å²) in [4.78, 5) is 4.57. The number of benzene rings is 2. The van der Waals surface area contributed by atoms with Gasteiger partial charge in [0.05, 0.1) is 16.8 Å². The molecule has 3 aromatic rings. The van der Waals surface area contributed by atoms with Crippen molar-refractivity contribution in [2.45, 2.75) is 25.2 Å². The first kappa shape index (κ1) is 18.9. The van der Waals surface area contributed by atoms with Gasteiger partial charge < -0.3 is 5.32 Å². The molecule has 0 atom stereocenters. The number of pyridine rings is 1. The third kappa shape index (κ3) is 5.08. The molecule has 3 rings (SSSR count). The van der Waals surface area contributed by atoms with Gasteiger partial charge in [-0.1, -0.05) is 42.5 Å². The molecular weight excluding hydrogens is 358 g/mol. The van der Waals surface area contributed by atoms with E-state index in [1.807, 2.05) is 37.3 Å². The van der Waals surface area contributed by atoms with E-state index in [0.717, 1.165) is 18.5 Å². The van der Waals surface area contributed by atoms with Crippen molar-refractivity contribution in [2.75, 3.05) is 16.6 Å². The molecule has 0 saturated carbocycles. The summed E-state index contributed by atoms with van der Waals surface area (Å²) in [6, 6.07) is 19.1. The number of nitrogens with zero attached hydrogens (tertiary/aromatic N) is 1. The zero-order valence-electron chi connectivity index (χ0n) is 15.4. The van der Waals surface area contributed by atoms with Crippen LogP contribution in [0, 0.1) is 13.8 Å². The topological polar surface area (TPSA) is 71.1 Å². The van der Waals surface area contributed by atoms with Crippen LogP contribution in [0.5, 0.6) is 0 Å². The minimum atomic E-state index is -3.64. The lowest BCUT2D eigenvalue weighted by Gasteiger charge is -2.12. The van der Waals surface area contributed by atoms with E-state index in [1.54, 1.807) is 25.1 Å². The van der Waals surface area contributed by atoms with Crippen LogP contribution in [0.25, 0.3) is 0 Å². The maximum Gasteiger partial charge on any atom is 0.262 e. The molecule has 0 unspecified atom stereocenters. The van der Waals surface area contributed by atoms with Crippen molar-refractivity contribution in [1.29, 1.82) is 0 Å². The number of aryl methyl sites for hydroxylation is 2. The molecule has 0 saturated heterocycles. The molecule has 0 amide bonds. The van der Waals surface area contributed by atoms with E-state index in [0.29, 0.717) is 17.1 Å².